The maximum atomic E-state index is 10.7. The van der Waals surface area contributed by atoms with E-state index in [2.05, 4.69) is 10.3 Å². The van der Waals surface area contributed by atoms with Crippen LogP contribution in [0.15, 0.2) is 36.7 Å². The minimum absolute atomic E-state index is 0.00759. The second-order valence-electron chi connectivity index (χ2n) is 3.79. The van der Waals surface area contributed by atoms with Gasteiger partial charge in [0, 0.05) is 19.7 Å². The molecule has 4 nitrogen and oxygen atoms in total. The zero-order valence-electron chi connectivity index (χ0n) is 9.76. The Balaban J connectivity index is 1.98. The van der Waals surface area contributed by atoms with Crippen molar-refractivity contribution in [2.75, 3.05) is 6.54 Å². The van der Waals surface area contributed by atoms with Gasteiger partial charge in [-0.3, -0.25) is 4.79 Å². The van der Waals surface area contributed by atoms with Gasteiger partial charge in [-0.1, -0.05) is 12.1 Å². The van der Waals surface area contributed by atoms with Crippen LogP contribution in [-0.2, 0) is 4.79 Å². The summed E-state index contributed by atoms with van der Waals surface area (Å²) in [5.41, 5.74) is 1.98. The average molecular weight is 229 g/mol. The van der Waals surface area contributed by atoms with Crippen LogP contribution in [0.5, 0.6) is 0 Å². The van der Waals surface area contributed by atoms with E-state index in [0.29, 0.717) is 6.54 Å². The number of carbonyl (C=O) groups excluding carboxylic acids is 1. The van der Waals surface area contributed by atoms with E-state index in [9.17, 15) is 4.79 Å². The molecule has 0 aliphatic heterocycles. The Morgan fingerprint density at radius 3 is 3.24 bits per heavy atom. The SMILES string of the molecule is CC(=O)NCCC=Cc1cnc2ccccn12. The Morgan fingerprint density at radius 1 is 1.53 bits per heavy atom. The molecule has 0 saturated carbocycles. The number of aromatic nitrogens is 2. The van der Waals surface area contributed by atoms with Gasteiger partial charge in [0.2, 0.25) is 5.91 Å². The molecule has 0 radical (unpaired) electrons. The number of imidazole rings is 1. The number of carbonyl (C=O) groups is 1. The molecule has 4 heteroatoms. The van der Waals surface area contributed by atoms with Gasteiger partial charge in [0.15, 0.2) is 0 Å². The third-order valence-electron chi connectivity index (χ3n) is 2.42. The van der Waals surface area contributed by atoms with Crippen LogP contribution in [0.1, 0.15) is 19.0 Å². The van der Waals surface area contributed by atoms with Gasteiger partial charge in [-0.15, -0.1) is 0 Å². The first kappa shape index (κ1) is 11.4. The summed E-state index contributed by atoms with van der Waals surface area (Å²) in [6.07, 6.45) is 8.69. The lowest BCUT2D eigenvalue weighted by Gasteiger charge is -1.97. The number of hydrogen-bond acceptors (Lipinski definition) is 2. The molecule has 2 aromatic heterocycles. The van der Waals surface area contributed by atoms with Crippen LogP contribution in [-0.4, -0.2) is 21.8 Å². The Hall–Kier alpha value is -2.10. The zero-order valence-corrected chi connectivity index (χ0v) is 9.76. The minimum Gasteiger partial charge on any atom is -0.356 e. The van der Waals surface area contributed by atoms with Crippen molar-refractivity contribution < 1.29 is 4.79 Å². The van der Waals surface area contributed by atoms with Crippen LogP contribution in [0.3, 0.4) is 0 Å². The highest BCUT2D eigenvalue weighted by atomic mass is 16.1. The van der Waals surface area contributed by atoms with E-state index in [-0.39, 0.29) is 5.91 Å². The predicted octanol–water partition coefficient (Wildman–Crippen LogP) is 1.87. The summed E-state index contributed by atoms with van der Waals surface area (Å²) >= 11 is 0. The zero-order chi connectivity index (χ0) is 12.1. The number of nitrogens with zero attached hydrogens (tertiary/aromatic N) is 2. The first-order chi connectivity index (χ1) is 8.27. The third kappa shape index (κ3) is 2.93. The standard InChI is InChI=1S/C13H15N3O/c1-11(17)14-8-4-2-6-12-10-15-13-7-3-5-9-16(12)13/h2-3,5-7,9-10H,4,8H2,1H3,(H,14,17). The van der Waals surface area contributed by atoms with Gasteiger partial charge in [0.25, 0.3) is 0 Å². The van der Waals surface area contributed by atoms with Gasteiger partial charge >= 0.3 is 0 Å². The fraction of sp³-hybridized carbons (Fsp3) is 0.231. The van der Waals surface area contributed by atoms with E-state index < -0.39 is 0 Å². The molecule has 1 amide bonds. The Bertz CT molecular complexity index is 542. The van der Waals surface area contributed by atoms with E-state index in [1.165, 1.54) is 6.92 Å². The smallest absolute Gasteiger partial charge is 0.216 e. The summed E-state index contributed by atoms with van der Waals surface area (Å²) in [6.45, 7) is 2.19. The van der Waals surface area contributed by atoms with Crippen molar-refractivity contribution in [1.82, 2.24) is 14.7 Å². The predicted molar refractivity (Wildman–Crippen MR) is 67.5 cm³/mol. The average Bonchev–Trinajstić information content (AvgIpc) is 2.72. The second-order valence-corrected chi connectivity index (χ2v) is 3.79. The van der Waals surface area contributed by atoms with Crippen LogP contribution in [0.25, 0.3) is 11.7 Å². The van der Waals surface area contributed by atoms with Gasteiger partial charge in [-0.25, -0.2) is 4.98 Å². The molecule has 0 unspecified atom stereocenters. The van der Waals surface area contributed by atoms with Crippen molar-refractivity contribution in [2.45, 2.75) is 13.3 Å². The maximum Gasteiger partial charge on any atom is 0.216 e. The van der Waals surface area contributed by atoms with E-state index in [1.807, 2.05) is 47.1 Å². The van der Waals surface area contributed by atoms with Crippen molar-refractivity contribution in [3.05, 3.63) is 42.4 Å². The highest BCUT2D eigenvalue weighted by molar-refractivity contribution is 5.72. The molecule has 17 heavy (non-hydrogen) atoms. The minimum atomic E-state index is 0.00759. The molecule has 0 aliphatic rings. The Morgan fingerprint density at radius 2 is 2.41 bits per heavy atom. The molecule has 0 aliphatic carbocycles. The molecule has 0 atom stereocenters. The van der Waals surface area contributed by atoms with E-state index >= 15 is 0 Å². The summed E-state index contributed by atoms with van der Waals surface area (Å²) in [5, 5.41) is 2.75. The Labute approximate surface area is 100.0 Å². The van der Waals surface area contributed by atoms with E-state index in [1.54, 1.807) is 0 Å². The van der Waals surface area contributed by atoms with Crippen LogP contribution in [0, 0.1) is 0 Å². The van der Waals surface area contributed by atoms with Crippen molar-refractivity contribution in [3.8, 4) is 0 Å². The molecule has 2 heterocycles. The molecular formula is C13H15N3O. The van der Waals surface area contributed by atoms with E-state index in [4.69, 9.17) is 0 Å². The fourth-order valence-electron chi connectivity index (χ4n) is 1.61. The summed E-state index contributed by atoms with van der Waals surface area (Å²) in [6, 6.07) is 5.91. The van der Waals surface area contributed by atoms with Crippen molar-refractivity contribution in [3.63, 3.8) is 0 Å². The summed E-state index contributed by atoms with van der Waals surface area (Å²) < 4.78 is 2.02. The second kappa shape index (κ2) is 5.30. The molecule has 0 saturated heterocycles. The number of nitrogens with one attached hydrogen (secondary N) is 1. The highest BCUT2D eigenvalue weighted by Crippen LogP contribution is 2.07. The van der Waals surface area contributed by atoms with Crippen molar-refractivity contribution >= 4 is 17.6 Å². The van der Waals surface area contributed by atoms with Gasteiger partial charge in [-0.05, 0) is 24.6 Å². The number of pyridine rings is 1. The van der Waals surface area contributed by atoms with Crippen molar-refractivity contribution in [1.29, 1.82) is 0 Å². The maximum absolute atomic E-state index is 10.7. The molecule has 2 aromatic rings. The third-order valence-corrected chi connectivity index (χ3v) is 2.42. The van der Waals surface area contributed by atoms with Crippen LogP contribution in [0.2, 0.25) is 0 Å². The summed E-state index contributed by atoms with van der Waals surface area (Å²) in [5.74, 6) is 0.00759. The van der Waals surface area contributed by atoms with Gasteiger partial charge in [-0.2, -0.15) is 0 Å². The number of fused-ring (bicyclic) bond motifs is 1. The van der Waals surface area contributed by atoms with Gasteiger partial charge < -0.3 is 9.72 Å². The number of hydrogen-bond donors (Lipinski definition) is 1. The topological polar surface area (TPSA) is 46.4 Å². The molecule has 1 N–H and O–H groups in total. The fourth-order valence-corrected chi connectivity index (χ4v) is 1.61. The van der Waals surface area contributed by atoms with Crippen molar-refractivity contribution in [2.24, 2.45) is 0 Å². The summed E-state index contributed by atoms with van der Waals surface area (Å²) in [7, 11) is 0. The van der Waals surface area contributed by atoms with Crippen LogP contribution >= 0.6 is 0 Å². The van der Waals surface area contributed by atoms with Gasteiger partial charge in [0.1, 0.15) is 5.65 Å². The molecule has 0 spiro atoms. The molecular weight excluding hydrogens is 214 g/mol. The number of amides is 1. The largest absolute Gasteiger partial charge is 0.356 e. The highest BCUT2D eigenvalue weighted by Gasteiger charge is 1.97. The van der Waals surface area contributed by atoms with Crippen LogP contribution in [0.4, 0.5) is 0 Å². The lowest BCUT2D eigenvalue weighted by atomic mass is 10.3. The molecule has 2 rings (SSSR count). The van der Waals surface area contributed by atoms with Gasteiger partial charge in [0.05, 0.1) is 11.9 Å². The normalized spacial score (nSPS) is 11.1. The molecule has 88 valence electrons. The Kier molecular flexibility index (Phi) is 3.55. The molecule has 0 bridgehead atoms. The first-order valence-corrected chi connectivity index (χ1v) is 5.60. The first-order valence-electron chi connectivity index (χ1n) is 5.60. The lowest BCUT2D eigenvalue weighted by molar-refractivity contribution is -0.118. The van der Waals surface area contributed by atoms with Crippen LogP contribution < -0.4 is 5.32 Å². The monoisotopic (exact) mass is 229 g/mol. The molecule has 0 aromatic carbocycles. The lowest BCUT2D eigenvalue weighted by Crippen LogP contribution is -2.20. The summed E-state index contributed by atoms with van der Waals surface area (Å²) in [4.78, 5) is 14.9. The number of rotatable bonds is 4. The van der Waals surface area contributed by atoms with E-state index in [0.717, 1.165) is 17.8 Å². The molecule has 0 fully saturated rings. The quantitative estimate of drug-likeness (QED) is 0.813.